The van der Waals surface area contributed by atoms with Crippen LogP contribution in [0.2, 0.25) is 0 Å². The number of nitrogens with one attached hydrogen (secondary N) is 1. The molecule has 1 atom stereocenters. The number of likely N-dealkylation sites (tertiary alicyclic amines) is 1. The highest BCUT2D eigenvalue weighted by atomic mass is 16.5. The van der Waals surface area contributed by atoms with E-state index < -0.39 is 0 Å². The first-order valence-corrected chi connectivity index (χ1v) is 7.41. The van der Waals surface area contributed by atoms with Crippen molar-refractivity contribution < 1.29 is 9.53 Å². The van der Waals surface area contributed by atoms with Crippen molar-refractivity contribution in [3.05, 3.63) is 17.6 Å². The summed E-state index contributed by atoms with van der Waals surface area (Å²) in [6, 6.07) is 2.07. The number of ether oxygens (including phenoxy) is 1. The molecule has 0 aliphatic carbocycles. The second-order valence-electron chi connectivity index (χ2n) is 6.40. The Hall–Kier alpha value is -1.69. The third kappa shape index (κ3) is 2.85. The van der Waals surface area contributed by atoms with Crippen molar-refractivity contribution in [1.82, 2.24) is 14.9 Å². The molecule has 3 heterocycles. The van der Waals surface area contributed by atoms with Gasteiger partial charge in [0.2, 0.25) is 5.91 Å². The second-order valence-corrected chi connectivity index (χ2v) is 6.40. The van der Waals surface area contributed by atoms with Crippen molar-refractivity contribution in [2.24, 2.45) is 5.41 Å². The van der Waals surface area contributed by atoms with Gasteiger partial charge >= 0.3 is 0 Å². The van der Waals surface area contributed by atoms with Crippen LogP contribution in [0.25, 0.3) is 0 Å². The first kappa shape index (κ1) is 14.3. The summed E-state index contributed by atoms with van der Waals surface area (Å²) in [7, 11) is 0. The van der Waals surface area contributed by atoms with Crippen LogP contribution >= 0.6 is 0 Å². The monoisotopic (exact) mass is 290 g/mol. The van der Waals surface area contributed by atoms with Gasteiger partial charge in [-0.2, -0.15) is 0 Å². The van der Waals surface area contributed by atoms with Gasteiger partial charge in [0.05, 0.1) is 24.9 Å². The maximum Gasteiger partial charge on any atom is 0.220 e. The van der Waals surface area contributed by atoms with Crippen LogP contribution < -0.4 is 5.32 Å². The number of aryl methyl sites for hydroxylation is 1. The minimum atomic E-state index is 0.104. The van der Waals surface area contributed by atoms with E-state index in [2.05, 4.69) is 22.2 Å². The molecule has 0 aromatic carbocycles. The lowest BCUT2D eigenvalue weighted by Gasteiger charge is -2.40. The number of nitrogens with zero attached hydrogens (tertiary/aromatic N) is 3. The number of carbonyl (C=O) groups excluding carboxylic acids is 1. The Labute approximate surface area is 124 Å². The zero-order chi connectivity index (χ0) is 15.0. The van der Waals surface area contributed by atoms with Crippen LogP contribution in [-0.2, 0) is 9.53 Å². The number of rotatable bonds is 4. The second kappa shape index (κ2) is 5.26. The van der Waals surface area contributed by atoms with Gasteiger partial charge in [0.1, 0.15) is 11.6 Å². The highest BCUT2D eigenvalue weighted by Crippen LogP contribution is 2.33. The molecule has 0 saturated carbocycles. The van der Waals surface area contributed by atoms with Crippen LogP contribution in [0.15, 0.2) is 6.07 Å². The summed E-state index contributed by atoms with van der Waals surface area (Å²) < 4.78 is 5.26. The van der Waals surface area contributed by atoms with Crippen LogP contribution in [-0.4, -0.2) is 47.1 Å². The van der Waals surface area contributed by atoms with E-state index in [9.17, 15) is 4.79 Å². The van der Waals surface area contributed by atoms with Gasteiger partial charge in [-0.3, -0.25) is 4.79 Å². The van der Waals surface area contributed by atoms with E-state index in [0.29, 0.717) is 0 Å². The number of amides is 1. The predicted molar refractivity (Wildman–Crippen MR) is 78.9 cm³/mol. The summed E-state index contributed by atoms with van der Waals surface area (Å²) in [5.74, 6) is 1.68. The van der Waals surface area contributed by atoms with E-state index in [1.165, 1.54) is 0 Å². The summed E-state index contributed by atoms with van der Waals surface area (Å²) >= 11 is 0. The molecule has 0 unspecified atom stereocenters. The highest BCUT2D eigenvalue weighted by Gasteiger charge is 2.34. The van der Waals surface area contributed by atoms with Gasteiger partial charge < -0.3 is 15.0 Å². The van der Waals surface area contributed by atoms with Crippen LogP contribution in [0.5, 0.6) is 0 Å². The Morgan fingerprint density at radius 2 is 2.29 bits per heavy atom. The predicted octanol–water partition coefficient (Wildman–Crippen LogP) is 1.53. The van der Waals surface area contributed by atoms with Crippen molar-refractivity contribution in [3.63, 3.8) is 0 Å². The third-order valence-corrected chi connectivity index (χ3v) is 4.22. The smallest absolute Gasteiger partial charge is 0.220 e. The van der Waals surface area contributed by atoms with Gasteiger partial charge in [-0.05, 0) is 13.3 Å². The van der Waals surface area contributed by atoms with Crippen LogP contribution in [0, 0.1) is 12.3 Å². The molecule has 1 aromatic rings. The molecular weight excluding hydrogens is 268 g/mol. The topological polar surface area (TPSA) is 67.4 Å². The third-order valence-electron chi connectivity index (χ3n) is 4.22. The van der Waals surface area contributed by atoms with Crippen LogP contribution in [0.4, 0.5) is 5.82 Å². The SMILES string of the molecule is CC(=O)N1CC[C@@H]1c1cc(NCC2(C)COC2)nc(C)n1. The molecule has 2 aliphatic rings. The molecule has 2 aliphatic heterocycles. The van der Waals surface area contributed by atoms with Crippen molar-refractivity contribution in [3.8, 4) is 0 Å². The molecule has 0 bridgehead atoms. The van der Waals surface area contributed by atoms with Crippen LogP contribution in [0.3, 0.4) is 0 Å². The minimum Gasteiger partial charge on any atom is -0.380 e. The molecule has 114 valence electrons. The fraction of sp³-hybridized carbons (Fsp3) is 0.667. The molecule has 21 heavy (non-hydrogen) atoms. The van der Waals surface area contributed by atoms with E-state index >= 15 is 0 Å². The Morgan fingerprint density at radius 3 is 2.81 bits per heavy atom. The van der Waals surface area contributed by atoms with E-state index in [4.69, 9.17) is 4.74 Å². The van der Waals surface area contributed by atoms with Gasteiger partial charge in [0, 0.05) is 31.5 Å². The van der Waals surface area contributed by atoms with Crippen molar-refractivity contribution in [2.75, 3.05) is 31.6 Å². The number of hydrogen-bond donors (Lipinski definition) is 1. The first-order valence-electron chi connectivity index (χ1n) is 7.41. The molecular formula is C15H22N4O2. The summed E-state index contributed by atoms with van der Waals surface area (Å²) in [5, 5.41) is 3.38. The lowest BCUT2D eigenvalue weighted by atomic mass is 9.89. The average molecular weight is 290 g/mol. The normalized spacial score (nSPS) is 23.2. The van der Waals surface area contributed by atoms with E-state index in [1.54, 1.807) is 6.92 Å². The minimum absolute atomic E-state index is 0.104. The van der Waals surface area contributed by atoms with E-state index in [0.717, 1.165) is 50.1 Å². The number of carbonyl (C=O) groups is 1. The first-order chi connectivity index (χ1) is 9.97. The maximum atomic E-state index is 11.5. The Kier molecular flexibility index (Phi) is 3.57. The molecule has 0 radical (unpaired) electrons. The van der Waals surface area contributed by atoms with Crippen LogP contribution in [0.1, 0.15) is 37.8 Å². The van der Waals surface area contributed by atoms with Crippen molar-refractivity contribution >= 4 is 11.7 Å². The standard InChI is InChI=1S/C15H22N4O2/c1-10-17-12(13-4-5-19(13)11(2)20)6-14(18-10)16-7-15(3)8-21-9-15/h6,13H,4-5,7-9H2,1-3H3,(H,16,17,18)/t13-/m1/s1. The Morgan fingerprint density at radius 1 is 1.52 bits per heavy atom. The van der Waals surface area contributed by atoms with Gasteiger partial charge in [0.25, 0.3) is 0 Å². The van der Waals surface area contributed by atoms with Gasteiger partial charge in [-0.15, -0.1) is 0 Å². The lowest BCUT2D eigenvalue weighted by molar-refractivity contribution is -0.136. The lowest BCUT2D eigenvalue weighted by Crippen LogP contribution is -2.45. The number of hydrogen-bond acceptors (Lipinski definition) is 5. The van der Waals surface area contributed by atoms with E-state index in [1.807, 2.05) is 17.9 Å². The maximum absolute atomic E-state index is 11.5. The molecule has 1 aromatic heterocycles. The molecule has 6 nitrogen and oxygen atoms in total. The van der Waals surface area contributed by atoms with Crippen molar-refractivity contribution in [1.29, 1.82) is 0 Å². The molecule has 1 amide bonds. The van der Waals surface area contributed by atoms with Gasteiger partial charge in [0.15, 0.2) is 0 Å². The fourth-order valence-electron chi connectivity index (χ4n) is 2.78. The van der Waals surface area contributed by atoms with E-state index in [-0.39, 0.29) is 17.4 Å². The summed E-state index contributed by atoms with van der Waals surface area (Å²) in [6.45, 7) is 8.93. The van der Waals surface area contributed by atoms with Crippen molar-refractivity contribution in [2.45, 2.75) is 33.2 Å². The fourth-order valence-corrected chi connectivity index (χ4v) is 2.78. The molecule has 3 rings (SSSR count). The zero-order valence-corrected chi connectivity index (χ0v) is 12.8. The largest absolute Gasteiger partial charge is 0.380 e. The molecule has 6 heteroatoms. The molecule has 2 fully saturated rings. The molecule has 2 saturated heterocycles. The zero-order valence-electron chi connectivity index (χ0n) is 12.8. The Bertz CT molecular complexity index is 557. The van der Waals surface area contributed by atoms with Gasteiger partial charge in [-0.1, -0.05) is 6.92 Å². The molecule has 0 spiro atoms. The average Bonchev–Trinajstić information content (AvgIpc) is 2.31. The number of aromatic nitrogens is 2. The summed E-state index contributed by atoms with van der Waals surface area (Å²) in [6.07, 6.45) is 0.973. The number of anilines is 1. The Balaban J connectivity index is 1.72. The highest BCUT2D eigenvalue weighted by molar-refractivity contribution is 5.74. The summed E-state index contributed by atoms with van der Waals surface area (Å²) in [4.78, 5) is 22.3. The quantitative estimate of drug-likeness (QED) is 0.911. The molecule has 1 N–H and O–H groups in total. The summed E-state index contributed by atoms with van der Waals surface area (Å²) in [5.41, 5.74) is 1.13. The van der Waals surface area contributed by atoms with Gasteiger partial charge in [-0.25, -0.2) is 9.97 Å².